The fourth-order valence-corrected chi connectivity index (χ4v) is 3.23. The summed E-state index contributed by atoms with van der Waals surface area (Å²) < 4.78 is 8.05. The lowest BCUT2D eigenvalue weighted by molar-refractivity contribution is 0.0508. The van der Waals surface area contributed by atoms with E-state index in [2.05, 4.69) is 9.71 Å². The molecular formula is C16H15Cl2N3O2S. The summed E-state index contributed by atoms with van der Waals surface area (Å²) in [6, 6.07) is 12.8. The summed E-state index contributed by atoms with van der Waals surface area (Å²) in [5.41, 5.74) is 1.70. The lowest BCUT2D eigenvalue weighted by Crippen LogP contribution is -2.36. The van der Waals surface area contributed by atoms with E-state index in [0.717, 1.165) is 11.3 Å². The monoisotopic (exact) mass is 383 g/mol. The van der Waals surface area contributed by atoms with Crippen LogP contribution in [0.5, 0.6) is 5.75 Å². The van der Waals surface area contributed by atoms with E-state index in [1.807, 2.05) is 24.3 Å². The molecule has 0 aromatic heterocycles. The zero-order valence-electron chi connectivity index (χ0n) is 12.7. The summed E-state index contributed by atoms with van der Waals surface area (Å²) in [7, 11) is 1.63. The van der Waals surface area contributed by atoms with Gasteiger partial charge in [-0.25, -0.2) is 9.71 Å². The van der Waals surface area contributed by atoms with Crippen LogP contribution >= 0.6 is 35.1 Å². The third-order valence-electron chi connectivity index (χ3n) is 3.44. The zero-order valence-corrected chi connectivity index (χ0v) is 15.1. The van der Waals surface area contributed by atoms with Crippen molar-refractivity contribution in [3.05, 3.63) is 58.1 Å². The Labute approximate surface area is 154 Å². The Balaban J connectivity index is 1.81. The van der Waals surface area contributed by atoms with Gasteiger partial charge in [-0.15, -0.1) is 0 Å². The number of hydrogen-bond acceptors (Lipinski definition) is 5. The number of methoxy groups -OCH3 is 1. The highest BCUT2D eigenvalue weighted by molar-refractivity contribution is 8.12. The van der Waals surface area contributed by atoms with Crippen molar-refractivity contribution in [3.8, 4) is 5.75 Å². The molecule has 0 radical (unpaired) electrons. The first kappa shape index (κ1) is 17.4. The van der Waals surface area contributed by atoms with Crippen LogP contribution in [0, 0.1) is 0 Å². The predicted octanol–water partition coefficient (Wildman–Crippen LogP) is 4.02. The van der Waals surface area contributed by atoms with Crippen LogP contribution in [-0.4, -0.2) is 28.6 Å². The van der Waals surface area contributed by atoms with Crippen LogP contribution in [0.25, 0.3) is 0 Å². The van der Waals surface area contributed by atoms with Gasteiger partial charge in [-0.05, 0) is 47.8 Å². The van der Waals surface area contributed by atoms with Gasteiger partial charge >= 0.3 is 0 Å². The molecule has 1 aliphatic heterocycles. The van der Waals surface area contributed by atoms with Gasteiger partial charge in [0.05, 0.1) is 22.8 Å². The van der Waals surface area contributed by atoms with Gasteiger partial charge in [0.2, 0.25) is 0 Å². The second-order valence-electron chi connectivity index (χ2n) is 5.06. The number of aliphatic hydroxyl groups is 1. The average molecular weight is 384 g/mol. The number of aliphatic imine (C=N–C) groups is 1. The lowest BCUT2D eigenvalue weighted by atomic mass is 10.2. The van der Waals surface area contributed by atoms with Crippen molar-refractivity contribution in [1.82, 2.24) is 9.62 Å². The molecule has 1 atom stereocenters. The molecule has 1 fully saturated rings. The van der Waals surface area contributed by atoms with Crippen molar-refractivity contribution >= 4 is 46.0 Å². The molecule has 1 saturated heterocycles. The molecule has 2 aromatic carbocycles. The first-order valence-electron chi connectivity index (χ1n) is 7.10. The average Bonchev–Trinajstić information content (AvgIpc) is 2.92. The minimum Gasteiger partial charge on any atom is -0.497 e. The highest BCUT2D eigenvalue weighted by Gasteiger charge is 2.28. The Morgan fingerprint density at radius 2 is 1.96 bits per heavy atom. The minimum absolute atomic E-state index is 0.441. The molecule has 0 amide bonds. The van der Waals surface area contributed by atoms with E-state index >= 15 is 0 Å². The Bertz CT molecular complexity index is 755. The molecule has 1 unspecified atom stereocenters. The van der Waals surface area contributed by atoms with Crippen molar-refractivity contribution in [2.75, 3.05) is 7.11 Å². The summed E-state index contributed by atoms with van der Waals surface area (Å²) in [6.45, 7) is 0.505. The quantitative estimate of drug-likeness (QED) is 0.780. The van der Waals surface area contributed by atoms with E-state index in [-0.39, 0.29) is 0 Å². The molecule has 8 heteroatoms. The number of benzene rings is 2. The summed E-state index contributed by atoms with van der Waals surface area (Å²) in [5.74, 6) is 0.790. The van der Waals surface area contributed by atoms with Crippen molar-refractivity contribution < 1.29 is 9.84 Å². The molecule has 0 aliphatic carbocycles. The summed E-state index contributed by atoms with van der Waals surface area (Å²) >= 11 is 13.2. The Kier molecular flexibility index (Phi) is 5.53. The molecule has 2 N–H and O–H groups in total. The SMILES string of the molecule is COc1ccc(CN2C(=Nc3ccc(Cl)c(Cl)c3)SNC2O)cc1. The van der Waals surface area contributed by atoms with Crippen LogP contribution in [0.2, 0.25) is 10.0 Å². The van der Waals surface area contributed by atoms with E-state index in [9.17, 15) is 5.11 Å². The fraction of sp³-hybridized carbons (Fsp3) is 0.188. The summed E-state index contributed by atoms with van der Waals surface area (Å²) in [5, 5.41) is 11.7. The number of nitrogens with one attached hydrogen (secondary N) is 1. The number of hydrogen-bond donors (Lipinski definition) is 2. The Morgan fingerprint density at radius 1 is 1.21 bits per heavy atom. The van der Waals surface area contributed by atoms with Crippen LogP contribution in [0.1, 0.15) is 5.56 Å². The van der Waals surface area contributed by atoms with E-state index in [1.54, 1.807) is 30.2 Å². The van der Waals surface area contributed by atoms with E-state index < -0.39 is 6.35 Å². The standard InChI is InChI=1S/C16H15Cl2N3O2S/c1-23-12-5-2-10(3-6-12)9-21-15(22)20-24-16(21)19-11-4-7-13(17)14(18)8-11/h2-8,15,20,22H,9H2,1H3. The maximum atomic E-state index is 10.1. The zero-order chi connectivity index (χ0) is 17.1. The van der Waals surface area contributed by atoms with Crippen molar-refractivity contribution in [2.24, 2.45) is 4.99 Å². The van der Waals surface area contributed by atoms with Crippen molar-refractivity contribution in [1.29, 1.82) is 0 Å². The number of nitrogens with zero attached hydrogens (tertiary/aromatic N) is 2. The van der Waals surface area contributed by atoms with Gasteiger partial charge in [0.15, 0.2) is 11.5 Å². The van der Waals surface area contributed by atoms with Crippen molar-refractivity contribution in [3.63, 3.8) is 0 Å². The van der Waals surface area contributed by atoms with Crippen LogP contribution in [0.4, 0.5) is 5.69 Å². The van der Waals surface area contributed by atoms with Crippen LogP contribution in [-0.2, 0) is 6.54 Å². The molecule has 0 saturated carbocycles. The van der Waals surface area contributed by atoms with E-state index in [1.165, 1.54) is 11.9 Å². The molecule has 3 rings (SSSR count). The van der Waals surface area contributed by atoms with Gasteiger partial charge in [-0.1, -0.05) is 35.3 Å². The molecule has 126 valence electrons. The van der Waals surface area contributed by atoms with Gasteiger partial charge in [0.25, 0.3) is 0 Å². The number of halogens is 2. The maximum absolute atomic E-state index is 10.1. The Morgan fingerprint density at radius 3 is 2.62 bits per heavy atom. The molecule has 24 heavy (non-hydrogen) atoms. The molecule has 0 bridgehead atoms. The second kappa shape index (κ2) is 7.63. The summed E-state index contributed by atoms with van der Waals surface area (Å²) in [6.07, 6.45) is -0.821. The molecular weight excluding hydrogens is 369 g/mol. The smallest absolute Gasteiger partial charge is 0.195 e. The third-order valence-corrected chi connectivity index (χ3v) is 5.01. The van der Waals surface area contributed by atoms with E-state index in [0.29, 0.717) is 27.4 Å². The van der Waals surface area contributed by atoms with Gasteiger partial charge in [-0.3, -0.25) is 0 Å². The molecule has 0 spiro atoms. The third kappa shape index (κ3) is 3.96. The maximum Gasteiger partial charge on any atom is 0.195 e. The largest absolute Gasteiger partial charge is 0.497 e. The highest BCUT2D eigenvalue weighted by atomic mass is 35.5. The lowest BCUT2D eigenvalue weighted by Gasteiger charge is -2.21. The first-order chi connectivity index (χ1) is 11.6. The first-order valence-corrected chi connectivity index (χ1v) is 8.68. The highest BCUT2D eigenvalue weighted by Crippen LogP contribution is 2.29. The molecule has 1 heterocycles. The van der Waals surface area contributed by atoms with Crippen LogP contribution in [0.3, 0.4) is 0 Å². The number of rotatable bonds is 4. The van der Waals surface area contributed by atoms with Gasteiger partial charge < -0.3 is 14.7 Å². The summed E-state index contributed by atoms with van der Waals surface area (Å²) in [4.78, 5) is 6.30. The van der Waals surface area contributed by atoms with Gasteiger partial charge in [0.1, 0.15) is 5.75 Å². The Hall–Kier alpha value is -1.44. The second-order valence-corrected chi connectivity index (χ2v) is 6.68. The van der Waals surface area contributed by atoms with Crippen LogP contribution in [0.15, 0.2) is 47.5 Å². The predicted molar refractivity (Wildman–Crippen MR) is 98.8 cm³/mol. The van der Waals surface area contributed by atoms with Crippen molar-refractivity contribution in [2.45, 2.75) is 12.9 Å². The number of amidine groups is 1. The molecule has 1 aliphatic rings. The fourth-order valence-electron chi connectivity index (χ4n) is 2.17. The minimum atomic E-state index is -0.821. The number of aliphatic hydroxyl groups excluding tert-OH is 1. The number of ether oxygens (including phenoxy) is 1. The van der Waals surface area contributed by atoms with Gasteiger partial charge in [0, 0.05) is 6.54 Å². The molecule has 5 nitrogen and oxygen atoms in total. The van der Waals surface area contributed by atoms with Gasteiger partial charge in [-0.2, -0.15) is 0 Å². The van der Waals surface area contributed by atoms with E-state index in [4.69, 9.17) is 27.9 Å². The normalized spacial score (nSPS) is 19.1. The topological polar surface area (TPSA) is 57.1 Å². The molecule has 2 aromatic rings. The van der Waals surface area contributed by atoms with Crippen LogP contribution < -0.4 is 9.46 Å².